The molecule has 6 heteroatoms. The Kier molecular flexibility index (Phi) is 6.06. The third-order valence-corrected chi connectivity index (χ3v) is 6.03. The lowest BCUT2D eigenvalue weighted by Gasteiger charge is -2.58. The zero-order valence-corrected chi connectivity index (χ0v) is 17.4. The fraction of sp³-hybridized carbons (Fsp3) is 0.360. The molecule has 0 saturated carbocycles. The van der Waals surface area contributed by atoms with Crippen molar-refractivity contribution >= 4 is 11.8 Å². The first-order valence-electron chi connectivity index (χ1n) is 10.6. The lowest BCUT2D eigenvalue weighted by molar-refractivity contribution is -0.159. The van der Waals surface area contributed by atoms with Crippen molar-refractivity contribution in [2.75, 3.05) is 19.7 Å². The summed E-state index contributed by atoms with van der Waals surface area (Å²) >= 11 is 0. The molecule has 2 amide bonds. The smallest absolute Gasteiger partial charge is 0.254 e. The molecule has 2 aliphatic heterocycles. The molecule has 0 aliphatic carbocycles. The molecule has 0 unspecified atom stereocenters. The van der Waals surface area contributed by atoms with Crippen molar-refractivity contribution in [1.29, 1.82) is 0 Å². The highest BCUT2D eigenvalue weighted by Crippen LogP contribution is 2.43. The number of unbranched alkanes of at least 4 members (excludes halogenated alkanes) is 1. The third-order valence-electron chi connectivity index (χ3n) is 6.03. The van der Waals surface area contributed by atoms with E-state index in [1.807, 2.05) is 24.3 Å². The van der Waals surface area contributed by atoms with Crippen LogP contribution in [0.4, 0.5) is 4.39 Å². The first-order valence-corrected chi connectivity index (χ1v) is 10.6. The zero-order chi connectivity index (χ0) is 22.0. The summed E-state index contributed by atoms with van der Waals surface area (Å²) in [6.07, 6.45) is 1.87. The van der Waals surface area contributed by atoms with Gasteiger partial charge in [0.05, 0.1) is 18.7 Å². The maximum Gasteiger partial charge on any atom is 0.254 e. The Morgan fingerprint density at radius 2 is 1.87 bits per heavy atom. The van der Waals surface area contributed by atoms with Gasteiger partial charge in [-0.25, -0.2) is 4.39 Å². The molecule has 0 aromatic heterocycles. The number of nitrogens with zero attached hydrogens (tertiary/aromatic N) is 2. The largest absolute Gasteiger partial charge is 0.394 e. The SMILES string of the molecule is CCCC#Cc1ccc([C@@H]2[C@H](CO)N3C(=O)CN(C(=O)c4ccc(F)cc4)C[C@@H]23)cc1. The quantitative estimate of drug-likeness (QED) is 0.774. The fourth-order valence-electron chi connectivity index (χ4n) is 4.51. The molecule has 0 radical (unpaired) electrons. The molecule has 2 heterocycles. The number of carbonyl (C=O) groups excluding carboxylic acids is 2. The van der Waals surface area contributed by atoms with Gasteiger partial charge in [0, 0.05) is 30.0 Å². The topological polar surface area (TPSA) is 60.9 Å². The van der Waals surface area contributed by atoms with E-state index >= 15 is 0 Å². The number of benzene rings is 2. The van der Waals surface area contributed by atoms with Gasteiger partial charge in [-0.3, -0.25) is 9.59 Å². The first-order chi connectivity index (χ1) is 15.0. The first kappa shape index (κ1) is 21.1. The second-order valence-electron chi connectivity index (χ2n) is 8.01. The van der Waals surface area contributed by atoms with Gasteiger partial charge in [-0.2, -0.15) is 0 Å². The molecule has 0 spiro atoms. The lowest BCUT2D eigenvalue weighted by Crippen LogP contribution is -2.73. The van der Waals surface area contributed by atoms with Crippen molar-refractivity contribution in [3.05, 3.63) is 71.0 Å². The average molecular weight is 420 g/mol. The summed E-state index contributed by atoms with van der Waals surface area (Å²) in [5, 5.41) is 9.92. The van der Waals surface area contributed by atoms with Crippen molar-refractivity contribution in [2.45, 2.75) is 37.8 Å². The van der Waals surface area contributed by atoms with Crippen LogP contribution in [0, 0.1) is 17.7 Å². The maximum atomic E-state index is 13.2. The summed E-state index contributed by atoms with van der Waals surface area (Å²) in [7, 11) is 0. The highest BCUT2D eigenvalue weighted by atomic mass is 19.1. The molecule has 160 valence electrons. The van der Waals surface area contributed by atoms with Crippen LogP contribution in [0.3, 0.4) is 0 Å². The van der Waals surface area contributed by atoms with Crippen molar-refractivity contribution in [3.63, 3.8) is 0 Å². The van der Waals surface area contributed by atoms with Gasteiger partial charge in [0.1, 0.15) is 12.4 Å². The Labute approximate surface area is 181 Å². The minimum Gasteiger partial charge on any atom is -0.394 e. The van der Waals surface area contributed by atoms with Crippen molar-refractivity contribution in [1.82, 2.24) is 9.80 Å². The zero-order valence-electron chi connectivity index (χ0n) is 17.4. The summed E-state index contributed by atoms with van der Waals surface area (Å²) in [6.45, 7) is 2.30. The van der Waals surface area contributed by atoms with E-state index in [1.165, 1.54) is 29.2 Å². The molecule has 2 aromatic rings. The number of fused-ring (bicyclic) bond motifs is 1. The molecule has 2 aliphatic rings. The van der Waals surface area contributed by atoms with Crippen LogP contribution in [-0.2, 0) is 4.79 Å². The number of halogens is 1. The molecule has 31 heavy (non-hydrogen) atoms. The molecule has 0 bridgehead atoms. The van der Waals surface area contributed by atoms with Gasteiger partial charge in [0.15, 0.2) is 0 Å². The van der Waals surface area contributed by atoms with Crippen molar-refractivity contribution in [2.24, 2.45) is 0 Å². The van der Waals surface area contributed by atoms with Crippen LogP contribution in [0.5, 0.6) is 0 Å². The third kappa shape index (κ3) is 4.06. The highest BCUT2D eigenvalue weighted by molar-refractivity contribution is 5.97. The molecule has 3 atom stereocenters. The van der Waals surface area contributed by atoms with Gasteiger partial charge in [-0.05, 0) is 48.4 Å². The number of aliphatic hydroxyl groups is 1. The molecule has 5 nitrogen and oxygen atoms in total. The van der Waals surface area contributed by atoms with Gasteiger partial charge in [0.2, 0.25) is 5.91 Å². The fourth-order valence-corrected chi connectivity index (χ4v) is 4.51. The van der Waals surface area contributed by atoms with E-state index in [0.29, 0.717) is 12.1 Å². The summed E-state index contributed by atoms with van der Waals surface area (Å²) in [5.74, 6) is 5.32. The molecule has 1 N–H and O–H groups in total. The number of rotatable bonds is 4. The highest BCUT2D eigenvalue weighted by Gasteiger charge is 2.54. The standard InChI is InChI=1S/C25H25FN2O3/c1-2-3-4-5-17-6-8-18(9-7-17)24-21-14-27(15-23(30)28(21)22(24)16-29)25(31)19-10-12-20(26)13-11-19/h6-13,21-22,24,29H,2-3,14-16H2,1H3/t21-,22-,24-/m0/s1. The molecule has 2 aromatic carbocycles. The normalized spacial score (nSPS) is 22.3. The Hall–Kier alpha value is -3.17. The Balaban J connectivity index is 1.53. The van der Waals surface area contributed by atoms with Crippen LogP contribution >= 0.6 is 0 Å². The van der Waals surface area contributed by atoms with Gasteiger partial charge in [-0.1, -0.05) is 30.9 Å². The van der Waals surface area contributed by atoms with Crippen LogP contribution in [-0.4, -0.2) is 58.5 Å². The minimum atomic E-state index is -0.412. The van der Waals surface area contributed by atoms with Gasteiger partial charge < -0.3 is 14.9 Å². The van der Waals surface area contributed by atoms with Crippen LogP contribution < -0.4 is 0 Å². The number of hydrogen-bond acceptors (Lipinski definition) is 3. The van der Waals surface area contributed by atoms with E-state index < -0.39 is 5.82 Å². The van der Waals surface area contributed by atoms with E-state index in [9.17, 15) is 19.1 Å². The van der Waals surface area contributed by atoms with E-state index in [0.717, 1.165) is 24.0 Å². The van der Waals surface area contributed by atoms with Crippen LogP contribution in [0.1, 0.15) is 47.2 Å². The number of piperazine rings is 1. The minimum absolute atomic E-state index is 0.0398. The average Bonchev–Trinajstić information content (AvgIpc) is 2.76. The Bertz CT molecular complexity index is 1020. The van der Waals surface area contributed by atoms with E-state index in [-0.39, 0.29) is 43.0 Å². The van der Waals surface area contributed by atoms with E-state index in [1.54, 1.807) is 4.90 Å². The number of aliphatic hydroxyl groups excluding tert-OH is 1. The van der Waals surface area contributed by atoms with Gasteiger partial charge in [-0.15, -0.1) is 0 Å². The lowest BCUT2D eigenvalue weighted by atomic mass is 9.73. The van der Waals surface area contributed by atoms with Gasteiger partial charge in [0.25, 0.3) is 5.91 Å². The Morgan fingerprint density at radius 1 is 1.16 bits per heavy atom. The monoisotopic (exact) mass is 420 g/mol. The second kappa shape index (κ2) is 8.91. The number of hydrogen-bond donors (Lipinski definition) is 1. The van der Waals surface area contributed by atoms with E-state index in [2.05, 4.69) is 18.8 Å². The van der Waals surface area contributed by atoms with Crippen molar-refractivity contribution in [3.8, 4) is 11.8 Å². The second-order valence-corrected chi connectivity index (χ2v) is 8.01. The summed E-state index contributed by atoms with van der Waals surface area (Å²) < 4.78 is 13.2. The Morgan fingerprint density at radius 3 is 2.52 bits per heavy atom. The number of carbonyl (C=O) groups is 2. The summed E-state index contributed by atoms with van der Waals surface area (Å²) in [4.78, 5) is 28.8. The van der Waals surface area contributed by atoms with Crippen molar-refractivity contribution < 1.29 is 19.1 Å². The predicted molar refractivity (Wildman–Crippen MR) is 115 cm³/mol. The van der Waals surface area contributed by atoms with Crippen LogP contribution in [0.15, 0.2) is 48.5 Å². The van der Waals surface area contributed by atoms with E-state index in [4.69, 9.17) is 0 Å². The van der Waals surface area contributed by atoms with Gasteiger partial charge >= 0.3 is 0 Å². The van der Waals surface area contributed by atoms with Crippen LogP contribution in [0.2, 0.25) is 0 Å². The van der Waals surface area contributed by atoms with Crippen LogP contribution in [0.25, 0.3) is 0 Å². The summed E-state index contributed by atoms with van der Waals surface area (Å²) in [6, 6.07) is 12.8. The molecule has 2 fully saturated rings. The summed E-state index contributed by atoms with van der Waals surface area (Å²) in [5.41, 5.74) is 2.30. The molecular formula is C25H25FN2O3. The predicted octanol–water partition coefficient (Wildman–Crippen LogP) is 2.79. The molecule has 2 saturated heterocycles. The number of amides is 2. The molecular weight excluding hydrogens is 395 g/mol. The molecule has 4 rings (SSSR count). The maximum absolute atomic E-state index is 13.2.